The molecular weight excluding hydrogens is 348 g/mol. The van der Waals surface area contributed by atoms with E-state index in [1.165, 1.54) is 17.8 Å². The molecule has 0 saturated heterocycles. The number of ether oxygens (including phenoxy) is 2. The first-order valence-electron chi connectivity index (χ1n) is 7.79. The van der Waals surface area contributed by atoms with E-state index in [-0.39, 0.29) is 25.2 Å². The molecule has 2 aromatic rings. The number of hydrogen-bond donors (Lipinski definition) is 1. The highest BCUT2D eigenvalue weighted by Crippen LogP contribution is 2.34. The summed E-state index contributed by atoms with van der Waals surface area (Å²) in [5.41, 5.74) is 0.922. The van der Waals surface area contributed by atoms with E-state index >= 15 is 0 Å². The standard InChI is InChI=1S/C18H17F2NO3S/c1-11(12-2-5-16-17(8-12)24-10-23-16)21-18(22)6-7-25-13-3-4-14(19)15(20)9-13/h2-5,8-9,11H,6-7,10H2,1H3,(H,21,22). The zero-order valence-electron chi connectivity index (χ0n) is 13.6. The third-order valence-electron chi connectivity index (χ3n) is 3.76. The van der Waals surface area contributed by atoms with Crippen LogP contribution in [0.25, 0.3) is 0 Å². The molecule has 1 aliphatic rings. The molecule has 0 aliphatic carbocycles. The summed E-state index contributed by atoms with van der Waals surface area (Å²) in [6.45, 7) is 2.10. The van der Waals surface area contributed by atoms with E-state index in [9.17, 15) is 13.6 Å². The van der Waals surface area contributed by atoms with Gasteiger partial charge in [-0.25, -0.2) is 8.78 Å². The van der Waals surface area contributed by atoms with Crippen LogP contribution in [0.5, 0.6) is 11.5 Å². The molecule has 2 aromatic carbocycles. The van der Waals surface area contributed by atoms with Gasteiger partial charge >= 0.3 is 0 Å². The van der Waals surface area contributed by atoms with Crippen molar-refractivity contribution in [3.63, 3.8) is 0 Å². The van der Waals surface area contributed by atoms with Crippen molar-refractivity contribution < 1.29 is 23.0 Å². The molecule has 1 unspecified atom stereocenters. The van der Waals surface area contributed by atoms with E-state index < -0.39 is 11.6 Å². The normalized spacial score (nSPS) is 13.6. The summed E-state index contributed by atoms with van der Waals surface area (Å²) < 4.78 is 36.6. The highest BCUT2D eigenvalue weighted by atomic mass is 32.2. The van der Waals surface area contributed by atoms with Gasteiger partial charge in [-0.05, 0) is 42.8 Å². The zero-order chi connectivity index (χ0) is 17.8. The van der Waals surface area contributed by atoms with Gasteiger partial charge in [0.1, 0.15) is 0 Å². The van der Waals surface area contributed by atoms with Crippen molar-refractivity contribution in [1.29, 1.82) is 0 Å². The van der Waals surface area contributed by atoms with Crippen molar-refractivity contribution in [3.8, 4) is 11.5 Å². The van der Waals surface area contributed by atoms with Crippen LogP contribution < -0.4 is 14.8 Å². The summed E-state index contributed by atoms with van der Waals surface area (Å²) in [7, 11) is 0. The molecule has 0 radical (unpaired) electrons. The van der Waals surface area contributed by atoms with Gasteiger partial charge in [0.05, 0.1) is 6.04 Å². The van der Waals surface area contributed by atoms with Crippen molar-refractivity contribution >= 4 is 17.7 Å². The minimum atomic E-state index is -0.883. The van der Waals surface area contributed by atoms with Gasteiger partial charge in [0.2, 0.25) is 12.7 Å². The highest BCUT2D eigenvalue weighted by Gasteiger charge is 2.16. The molecule has 0 bridgehead atoms. The van der Waals surface area contributed by atoms with Crippen LogP contribution in [0.15, 0.2) is 41.3 Å². The van der Waals surface area contributed by atoms with Crippen molar-refractivity contribution in [3.05, 3.63) is 53.6 Å². The molecule has 1 aliphatic heterocycles. The fourth-order valence-corrected chi connectivity index (χ4v) is 3.28. The van der Waals surface area contributed by atoms with Crippen molar-refractivity contribution in [1.82, 2.24) is 5.32 Å². The lowest BCUT2D eigenvalue weighted by Crippen LogP contribution is -2.26. The third kappa shape index (κ3) is 4.42. The van der Waals surface area contributed by atoms with Gasteiger partial charge in [0, 0.05) is 17.1 Å². The molecule has 1 heterocycles. The molecule has 7 heteroatoms. The SMILES string of the molecule is CC(NC(=O)CCSc1ccc(F)c(F)c1)c1ccc2c(c1)OCO2. The number of hydrogen-bond acceptors (Lipinski definition) is 4. The Morgan fingerprint density at radius 1 is 1.16 bits per heavy atom. The third-order valence-corrected chi connectivity index (χ3v) is 4.76. The molecule has 132 valence electrons. The molecule has 4 nitrogen and oxygen atoms in total. The second-order valence-corrected chi connectivity index (χ2v) is 6.74. The fourth-order valence-electron chi connectivity index (χ4n) is 2.41. The number of amides is 1. The smallest absolute Gasteiger partial charge is 0.231 e. The quantitative estimate of drug-likeness (QED) is 0.785. The number of thioether (sulfide) groups is 1. The molecule has 1 N–H and O–H groups in total. The Morgan fingerprint density at radius 2 is 1.96 bits per heavy atom. The Morgan fingerprint density at radius 3 is 2.76 bits per heavy atom. The second kappa shape index (κ2) is 7.74. The molecule has 1 atom stereocenters. The van der Waals surface area contributed by atoms with E-state index in [1.54, 1.807) is 0 Å². The van der Waals surface area contributed by atoms with Crippen LogP contribution in [0.3, 0.4) is 0 Å². The molecule has 0 saturated carbocycles. The predicted octanol–water partition coefficient (Wildman–Crippen LogP) is 4.05. The van der Waals surface area contributed by atoms with E-state index in [2.05, 4.69) is 5.32 Å². The summed E-state index contributed by atoms with van der Waals surface area (Å²) >= 11 is 1.31. The minimum Gasteiger partial charge on any atom is -0.454 e. The van der Waals surface area contributed by atoms with Crippen LogP contribution in [0, 0.1) is 11.6 Å². The first kappa shape index (κ1) is 17.5. The Kier molecular flexibility index (Phi) is 5.43. The molecule has 0 aromatic heterocycles. The predicted molar refractivity (Wildman–Crippen MR) is 90.8 cm³/mol. The molecule has 0 spiro atoms. The lowest BCUT2D eigenvalue weighted by atomic mass is 10.1. The van der Waals surface area contributed by atoms with Gasteiger partial charge in [-0.2, -0.15) is 0 Å². The summed E-state index contributed by atoms with van der Waals surface area (Å²) in [4.78, 5) is 12.7. The van der Waals surface area contributed by atoms with Crippen LogP contribution in [-0.2, 0) is 4.79 Å². The maximum absolute atomic E-state index is 13.1. The summed E-state index contributed by atoms with van der Waals surface area (Å²) in [5.74, 6) is -0.0198. The molecule has 0 fully saturated rings. The highest BCUT2D eigenvalue weighted by molar-refractivity contribution is 7.99. The fraction of sp³-hybridized carbons (Fsp3) is 0.278. The lowest BCUT2D eigenvalue weighted by Gasteiger charge is -2.14. The first-order chi connectivity index (χ1) is 12.0. The van der Waals surface area contributed by atoms with Gasteiger partial charge in [-0.3, -0.25) is 4.79 Å². The van der Waals surface area contributed by atoms with Crippen LogP contribution in [0.2, 0.25) is 0 Å². The lowest BCUT2D eigenvalue weighted by molar-refractivity contribution is -0.121. The number of fused-ring (bicyclic) bond motifs is 1. The van der Waals surface area contributed by atoms with Crippen LogP contribution in [-0.4, -0.2) is 18.5 Å². The topological polar surface area (TPSA) is 47.6 Å². The maximum Gasteiger partial charge on any atom is 0.231 e. The maximum atomic E-state index is 13.1. The van der Waals surface area contributed by atoms with E-state index in [4.69, 9.17) is 9.47 Å². The first-order valence-corrected chi connectivity index (χ1v) is 8.78. The van der Waals surface area contributed by atoms with Crippen LogP contribution >= 0.6 is 11.8 Å². The van der Waals surface area contributed by atoms with Gasteiger partial charge in [0.25, 0.3) is 0 Å². The second-order valence-electron chi connectivity index (χ2n) is 5.58. The van der Waals surface area contributed by atoms with Crippen LogP contribution in [0.4, 0.5) is 8.78 Å². The van der Waals surface area contributed by atoms with Crippen molar-refractivity contribution in [2.24, 2.45) is 0 Å². The number of nitrogens with one attached hydrogen (secondary N) is 1. The van der Waals surface area contributed by atoms with Gasteiger partial charge in [-0.15, -0.1) is 11.8 Å². The molecular formula is C18H17F2NO3S. The van der Waals surface area contributed by atoms with E-state index in [0.717, 1.165) is 17.7 Å². The van der Waals surface area contributed by atoms with Gasteiger partial charge in [-0.1, -0.05) is 6.07 Å². The van der Waals surface area contributed by atoms with Crippen molar-refractivity contribution in [2.75, 3.05) is 12.5 Å². The van der Waals surface area contributed by atoms with Gasteiger partial charge < -0.3 is 14.8 Å². The number of rotatable bonds is 6. The van der Waals surface area contributed by atoms with Crippen LogP contribution in [0.1, 0.15) is 24.9 Å². The average Bonchev–Trinajstić information content (AvgIpc) is 3.05. The Labute approximate surface area is 148 Å². The van der Waals surface area contributed by atoms with E-state index in [0.29, 0.717) is 22.1 Å². The minimum absolute atomic E-state index is 0.111. The Hall–Kier alpha value is -2.28. The number of benzene rings is 2. The largest absolute Gasteiger partial charge is 0.454 e. The molecule has 3 rings (SSSR count). The monoisotopic (exact) mass is 365 g/mol. The number of carbonyl (C=O) groups is 1. The summed E-state index contributed by atoms with van der Waals surface area (Å²) in [6.07, 6.45) is 0.276. The molecule has 25 heavy (non-hydrogen) atoms. The number of halogens is 2. The average molecular weight is 365 g/mol. The Bertz CT molecular complexity index is 785. The van der Waals surface area contributed by atoms with Crippen molar-refractivity contribution in [2.45, 2.75) is 24.3 Å². The summed E-state index contributed by atoms with van der Waals surface area (Å²) in [6, 6.07) is 9.09. The zero-order valence-corrected chi connectivity index (χ0v) is 14.4. The molecule has 1 amide bonds. The summed E-state index contributed by atoms with van der Waals surface area (Å²) in [5, 5.41) is 2.91. The van der Waals surface area contributed by atoms with E-state index in [1.807, 2.05) is 25.1 Å². The number of carbonyl (C=O) groups excluding carboxylic acids is 1. The van der Waals surface area contributed by atoms with Gasteiger partial charge in [0.15, 0.2) is 23.1 Å². The Balaban J connectivity index is 1.48.